The molecule has 6 nitrogen and oxygen atoms in total. The first kappa shape index (κ1) is 20.4. The lowest BCUT2D eigenvalue weighted by molar-refractivity contribution is -0.119. The van der Waals surface area contributed by atoms with Crippen molar-refractivity contribution < 1.29 is 14.0 Å². The Hall–Kier alpha value is -2.31. The van der Waals surface area contributed by atoms with Crippen molar-refractivity contribution in [1.29, 1.82) is 0 Å². The molecule has 1 aromatic carbocycles. The normalized spacial score (nSPS) is 18.7. The van der Waals surface area contributed by atoms with Crippen LogP contribution in [0.4, 0.5) is 20.6 Å². The molecule has 154 valence electrons. The van der Waals surface area contributed by atoms with Crippen molar-refractivity contribution in [3.05, 3.63) is 24.0 Å². The predicted molar refractivity (Wildman–Crippen MR) is 109 cm³/mol. The summed E-state index contributed by atoms with van der Waals surface area (Å²) in [5.41, 5.74) is 6.29. The van der Waals surface area contributed by atoms with Crippen LogP contribution in [0.3, 0.4) is 0 Å². The van der Waals surface area contributed by atoms with E-state index in [4.69, 9.17) is 5.73 Å². The molecule has 1 aromatic rings. The van der Waals surface area contributed by atoms with Gasteiger partial charge in [-0.1, -0.05) is 19.3 Å². The minimum Gasteiger partial charge on any atom is -0.370 e. The number of nitrogens with zero attached hydrogens (tertiary/aromatic N) is 2. The van der Waals surface area contributed by atoms with Crippen molar-refractivity contribution in [1.82, 2.24) is 4.90 Å². The van der Waals surface area contributed by atoms with Crippen LogP contribution in [0.1, 0.15) is 51.4 Å². The van der Waals surface area contributed by atoms with Gasteiger partial charge in [0.15, 0.2) is 0 Å². The molecule has 1 heterocycles. The third-order valence-electron chi connectivity index (χ3n) is 6.09. The largest absolute Gasteiger partial charge is 0.370 e. The monoisotopic (exact) mass is 390 g/mol. The third-order valence-corrected chi connectivity index (χ3v) is 6.09. The zero-order valence-electron chi connectivity index (χ0n) is 16.6. The number of hydrogen-bond donors (Lipinski definition) is 2. The smallest absolute Gasteiger partial charge is 0.321 e. The zero-order valence-corrected chi connectivity index (χ0v) is 16.6. The molecular formula is C21H31FN4O2. The van der Waals surface area contributed by atoms with Crippen LogP contribution < -0.4 is 16.0 Å². The van der Waals surface area contributed by atoms with Gasteiger partial charge in [-0.2, -0.15) is 0 Å². The van der Waals surface area contributed by atoms with Crippen molar-refractivity contribution in [2.24, 2.45) is 11.7 Å². The maximum Gasteiger partial charge on any atom is 0.321 e. The summed E-state index contributed by atoms with van der Waals surface area (Å²) in [4.78, 5) is 27.2. The summed E-state index contributed by atoms with van der Waals surface area (Å²) in [5.74, 6) is -0.365. The number of urea groups is 1. The lowest BCUT2D eigenvalue weighted by atomic mass is 9.93. The molecule has 7 heteroatoms. The molecule has 1 aliphatic carbocycles. The zero-order chi connectivity index (χ0) is 20.1. The summed E-state index contributed by atoms with van der Waals surface area (Å²) >= 11 is 0. The number of anilines is 2. The Morgan fingerprint density at radius 1 is 1.18 bits per heavy atom. The number of carbonyl (C=O) groups excluding carboxylic acids is 2. The second-order valence-corrected chi connectivity index (χ2v) is 8.10. The van der Waals surface area contributed by atoms with E-state index in [-0.39, 0.29) is 23.7 Å². The summed E-state index contributed by atoms with van der Waals surface area (Å²) in [6.45, 7) is 1.16. The molecule has 2 aliphatic rings. The highest BCUT2D eigenvalue weighted by atomic mass is 19.1. The van der Waals surface area contributed by atoms with E-state index in [1.807, 2.05) is 11.9 Å². The Bertz CT molecular complexity index is 698. The van der Waals surface area contributed by atoms with Crippen LogP contribution in [-0.4, -0.2) is 43.0 Å². The van der Waals surface area contributed by atoms with Gasteiger partial charge >= 0.3 is 6.03 Å². The van der Waals surface area contributed by atoms with E-state index in [1.165, 1.54) is 25.3 Å². The SMILES string of the molecule is CN(c1ccc(NC(=O)N2CCC(CC(N)=O)CC2)cc1F)C1CCCCC1. The van der Waals surface area contributed by atoms with Gasteiger partial charge in [-0.3, -0.25) is 4.79 Å². The Morgan fingerprint density at radius 2 is 1.86 bits per heavy atom. The highest BCUT2D eigenvalue weighted by Gasteiger charge is 2.24. The first-order chi connectivity index (χ1) is 13.4. The number of benzene rings is 1. The highest BCUT2D eigenvalue weighted by Crippen LogP contribution is 2.29. The van der Waals surface area contributed by atoms with Gasteiger partial charge in [0, 0.05) is 38.3 Å². The van der Waals surface area contributed by atoms with Crippen molar-refractivity contribution in [2.75, 3.05) is 30.4 Å². The van der Waals surface area contributed by atoms with E-state index in [0.29, 0.717) is 36.9 Å². The molecule has 2 fully saturated rings. The summed E-state index contributed by atoms with van der Waals surface area (Å²) in [6, 6.07) is 5.05. The average molecular weight is 391 g/mol. The van der Waals surface area contributed by atoms with E-state index in [9.17, 15) is 14.0 Å². The Balaban J connectivity index is 1.55. The molecule has 0 aromatic heterocycles. The number of nitrogens with one attached hydrogen (secondary N) is 1. The molecule has 0 unspecified atom stereocenters. The number of primary amides is 1. The first-order valence-electron chi connectivity index (χ1n) is 10.3. The molecule has 0 bridgehead atoms. The van der Waals surface area contributed by atoms with Gasteiger partial charge in [-0.05, 0) is 49.8 Å². The van der Waals surface area contributed by atoms with Gasteiger partial charge in [-0.25, -0.2) is 9.18 Å². The summed E-state index contributed by atoms with van der Waals surface area (Å²) < 4.78 is 14.7. The molecule has 1 saturated heterocycles. The molecule has 3 rings (SSSR count). The minimum absolute atomic E-state index is 0.231. The lowest BCUT2D eigenvalue weighted by Crippen LogP contribution is -2.41. The van der Waals surface area contributed by atoms with Crippen LogP contribution in [0.25, 0.3) is 0 Å². The number of nitrogens with two attached hydrogens (primary N) is 1. The fourth-order valence-corrected chi connectivity index (χ4v) is 4.36. The third kappa shape index (κ3) is 5.14. The molecule has 0 spiro atoms. The molecule has 1 aliphatic heterocycles. The number of piperidine rings is 1. The van der Waals surface area contributed by atoms with Crippen LogP contribution >= 0.6 is 0 Å². The molecule has 1 saturated carbocycles. The second-order valence-electron chi connectivity index (χ2n) is 8.10. The number of halogens is 1. The van der Waals surface area contributed by atoms with Crippen molar-refractivity contribution >= 4 is 23.3 Å². The van der Waals surface area contributed by atoms with Gasteiger partial charge in [0.05, 0.1) is 5.69 Å². The van der Waals surface area contributed by atoms with Crippen molar-refractivity contribution in [2.45, 2.75) is 57.4 Å². The number of amides is 3. The lowest BCUT2D eigenvalue weighted by Gasteiger charge is -2.33. The number of hydrogen-bond acceptors (Lipinski definition) is 3. The van der Waals surface area contributed by atoms with E-state index in [1.54, 1.807) is 17.0 Å². The second kappa shape index (κ2) is 9.26. The molecule has 0 atom stereocenters. The van der Waals surface area contributed by atoms with Gasteiger partial charge in [0.1, 0.15) is 5.82 Å². The van der Waals surface area contributed by atoms with Crippen LogP contribution in [0.5, 0.6) is 0 Å². The van der Waals surface area contributed by atoms with Gasteiger partial charge in [0.2, 0.25) is 5.91 Å². The van der Waals surface area contributed by atoms with E-state index in [0.717, 1.165) is 25.7 Å². The van der Waals surface area contributed by atoms with E-state index >= 15 is 0 Å². The maximum atomic E-state index is 14.7. The van der Waals surface area contributed by atoms with E-state index in [2.05, 4.69) is 5.32 Å². The summed E-state index contributed by atoms with van der Waals surface area (Å²) in [5, 5.41) is 2.79. The van der Waals surface area contributed by atoms with Crippen molar-refractivity contribution in [3.8, 4) is 0 Å². The number of likely N-dealkylation sites (tertiary alicyclic amines) is 1. The molecule has 3 amide bonds. The summed E-state index contributed by atoms with van der Waals surface area (Å²) in [6.07, 6.45) is 7.74. The van der Waals surface area contributed by atoms with Crippen molar-refractivity contribution in [3.63, 3.8) is 0 Å². The van der Waals surface area contributed by atoms with E-state index < -0.39 is 0 Å². The Morgan fingerprint density at radius 3 is 2.46 bits per heavy atom. The summed E-state index contributed by atoms with van der Waals surface area (Å²) in [7, 11) is 1.95. The standard InChI is InChI=1S/C21H31FN4O2/c1-25(17-5-3-2-4-6-17)19-8-7-16(14-18(19)22)24-21(28)26-11-9-15(10-12-26)13-20(23)27/h7-8,14-15,17H,2-6,9-13H2,1H3,(H2,23,27)(H,24,28). The molecule has 3 N–H and O–H groups in total. The maximum absolute atomic E-state index is 14.7. The Labute approximate surface area is 166 Å². The Kier molecular flexibility index (Phi) is 6.75. The topological polar surface area (TPSA) is 78.7 Å². The minimum atomic E-state index is -0.314. The fourth-order valence-electron chi connectivity index (χ4n) is 4.36. The average Bonchev–Trinajstić information content (AvgIpc) is 2.68. The van der Waals surface area contributed by atoms with Crippen LogP contribution in [-0.2, 0) is 4.79 Å². The van der Waals surface area contributed by atoms with Gasteiger partial charge < -0.3 is 20.9 Å². The first-order valence-corrected chi connectivity index (χ1v) is 10.3. The van der Waals surface area contributed by atoms with Crippen LogP contribution in [0, 0.1) is 11.7 Å². The molecule has 0 radical (unpaired) electrons. The van der Waals surface area contributed by atoms with Crippen LogP contribution in [0.2, 0.25) is 0 Å². The highest BCUT2D eigenvalue weighted by molar-refractivity contribution is 5.89. The number of carbonyl (C=O) groups is 2. The van der Waals surface area contributed by atoms with Crippen LogP contribution in [0.15, 0.2) is 18.2 Å². The van der Waals surface area contributed by atoms with Gasteiger partial charge in [-0.15, -0.1) is 0 Å². The number of rotatable bonds is 5. The predicted octanol–water partition coefficient (Wildman–Crippen LogP) is 3.71. The quantitative estimate of drug-likeness (QED) is 0.804. The molecular weight excluding hydrogens is 359 g/mol. The van der Waals surface area contributed by atoms with Gasteiger partial charge in [0.25, 0.3) is 0 Å². The molecule has 28 heavy (non-hydrogen) atoms. The fraction of sp³-hybridized carbons (Fsp3) is 0.619.